The molecule has 3 rings (SSSR count). The molecular formula is C18H16FN3O2S. The van der Waals surface area contributed by atoms with E-state index in [1.165, 1.54) is 6.07 Å². The van der Waals surface area contributed by atoms with Gasteiger partial charge in [-0.15, -0.1) is 16.9 Å². The zero-order chi connectivity index (χ0) is 17.8. The highest BCUT2D eigenvalue weighted by atomic mass is 32.2. The van der Waals surface area contributed by atoms with Gasteiger partial charge in [-0.05, 0) is 37.4 Å². The fourth-order valence-corrected chi connectivity index (χ4v) is 2.79. The fourth-order valence-electron chi connectivity index (χ4n) is 2.33. The van der Waals surface area contributed by atoms with Gasteiger partial charge in [0.25, 0.3) is 0 Å². The zero-order valence-electron chi connectivity index (χ0n) is 13.8. The Balaban J connectivity index is 1.78. The molecule has 0 radical (unpaired) electrons. The number of aromatic nitrogens is 3. The Morgan fingerprint density at radius 3 is 2.80 bits per heavy atom. The summed E-state index contributed by atoms with van der Waals surface area (Å²) in [5.74, 6) is -1.04. The van der Waals surface area contributed by atoms with Gasteiger partial charge >= 0.3 is 5.97 Å². The first-order valence-electron chi connectivity index (χ1n) is 7.57. The number of thioether (sulfide) groups is 1. The fraction of sp³-hybridized carbons (Fsp3) is 0.167. The van der Waals surface area contributed by atoms with Crippen molar-refractivity contribution in [3.05, 3.63) is 71.3 Å². The Morgan fingerprint density at radius 2 is 2.04 bits per heavy atom. The molecule has 5 nitrogen and oxygen atoms in total. The van der Waals surface area contributed by atoms with E-state index >= 15 is 0 Å². The molecule has 7 heteroatoms. The summed E-state index contributed by atoms with van der Waals surface area (Å²) in [6.45, 7) is 1.59. The molecule has 0 N–H and O–H groups in total. The SMILES string of the molecule is CSc1cccc(-n2nnc(C(=O)OCc3ccccc3F)c2C)c1. The first-order valence-corrected chi connectivity index (χ1v) is 8.80. The third kappa shape index (κ3) is 3.71. The second-order valence-corrected chi connectivity index (χ2v) is 6.18. The highest BCUT2D eigenvalue weighted by Gasteiger charge is 2.19. The van der Waals surface area contributed by atoms with Crippen LogP contribution in [-0.2, 0) is 11.3 Å². The summed E-state index contributed by atoms with van der Waals surface area (Å²) in [5.41, 5.74) is 1.81. The lowest BCUT2D eigenvalue weighted by molar-refractivity contribution is 0.0461. The Bertz CT molecular complexity index is 911. The molecule has 0 aliphatic carbocycles. The van der Waals surface area contributed by atoms with E-state index in [1.807, 2.05) is 30.5 Å². The zero-order valence-corrected chi connectivity index (χ0v) is 14.6. The van der Waals surface area contributed by atoms with E-state index in [1.54, 1.807) is 41.6 Å². The summed E-state index contributed by atoms with van der Waals surface area (Å²) in [4.78, 5) is 13.3. The third-order valence-corrected chi connectivity index (χ3v) is 4.43. The van der Waals surface area contributed by atoms with Crippen LogP contribution in [0.1, 0.15) is 21.7 Å². The smallest absolute Gasteiger partial charge is 0.361 e. The summed E-state index contributed by atoms with van der Waals surface area (Å²) in [6.07, 6.45) is 1.98. The summed E-state index contributed by atoms with van der Waals surface area (Å²) >= 11 is 1.62. The second-order valence-electron chi connectivity index (χ2n) is 5.30. The van der Waals surface area contributed by atoms with Crippen LogP contribution in [0, 0.1) is 12.7 Å². The molecular weight excluding hydrogens is 341 g/mol. The molecule has 0 saturated carbocycles. The van der Waals surface area contributed by atoms with Crippen molar-refractivity contribution in [3.63, 3.8) is 0 Å². The van der Waals surface area contributed by atoms with Crippen LogP contribution in [0.25, 0.3) is 5.69 Å². The number of benzene rings is 2. The third-order valence-electron chi connectivity index (χ3n) is 3.70. The van der Waals surface area contributed by atoms with Crippen LogP contribution in [0.3, 0.4) is 0 Å². The Labute approximate surface area is 148 Å². The first kappa shape index (κ1) is 17.2. The minimum absolute atomic E-state index is 0.117. The number of hydrogen-bond donors (Lipinski definition) is 0. The molecule has 0 amide bonds. The molecule has 128 valence electrons. The molecule has 0 atom stereocenters. The van der Waals surface area contributed by atoms with Crippen LogP contribution in [0.5, 0.6) is 0 Å². The molecule has 25 heavy (non-hydrogen) atoms. The van der Waals surface area contributed by atoms with Crippen molar-refractivity contribution in [2.24, 2.45) is 0 Å². The number of carbonyl (C=O) groups is 1. The van der Waals surface area contributed by atoms with Crippen molar-refractivity contribution in [2.45, 2.75) is 18.4 Å². The highest BCUT2D eigenvalue weighted by Crippen LogP contribution is 2.20. The molecule has 0 aliphatic heterocycles. The van der Waals surface area contributed by atoms with E-state index in [0.717, 1.165) is 10.6 Å². The van der Waals surface area contributed by atoms with Crippen LogP contribution in [0.4, 0.5) is 4.39 Å². The number of esters is 1. The van der Waals surface area contributed by atoms with Crippen molar-refractivity contribution in [2.75, 3.05) is 6.26 Å². The standard InChI is InChI=1S/C18H16FN3O2S/c1-12-17(18(23)24-11-13-6-3-4-9-16(13)19)20-21-22(12)14-7-5-8-15(10-14)25-2/h3-10H,11H2,1-2H3. The van der Waals surface area contributed by atoms with Gasteiger partial charge in [-0.1, -0.05) is 29.5 Å². The predicted octanol–water partition coefficient (Wildman–Crippen LogP) is 3.79. The van der Waals surface area contributed by atoms with E-state index in [-0.39, 0.29) is 12.3 Å². The van der Waals surface area contributed by atoms with E-state index < -0.39 is 11.8 Å². The maximum atomic E-state index is 13.6. The Kier molecular flexibility index (Phi) is 5.14. The molecule has 1 aromatic heterocycles. The van der Waals surface area contributed by atoms with E-state index in [2.05, 4.69) is 10.3 Å². The number of halogens is 1. The summed E-state index contributed by atoms with van der Waals surface area (Å²) in [6, 6.07) is 13.9. The van der Waals surface area contributed by atoms with Gasteiger partial charge in [0.2, 0.25) is 0 Å². The topological polar surface area (TPSA) is 57.0 Å². The minimum atomic E-state index is -0.631. The van der Waals surface area contributed by atoms with Crippen LogP contribution >= 0.6 is 11.8 Å². The van der Waals surface area contributed by atoms with Gasteiger partial charge in [0.1, 0.15) is 12.4 Å². The predicted molar refractivity (Wildman–Crippen MR) is 93.4 cm³/mol. The molecule has 1 heterocycles. The lowest BCUT2D eigenvalue weighted by atomic mass is 10.2. The molecule has 0 unspecified atom stereocenters. The van der Waals surface area contributed by atoms with Crippen molar-refractivity contribution in [3.8, 4) is 5.69 Å². The van der Waals surface area contributed by atoms with Gasteiger partial charge in [0, 0.05) is 10.5 Å². The normalized spacial score (nSPS) is 10.7. The van der Waals surface area contributed by atoms with E-state index in [9.17, 15) is 9.18 Å². The van der Waals surface area contributed by atoms with Crippen LogP contribution < -0.4 is 0 Å². The quantitative estimate of drug-likeness (QED) is 0.514. The number of nitrogens with zero attached hydrogens (tertiary/aromatic N) is 3. The van der Waals surface area contributed by atoms with Crippen LogP contribution in [0.2, 0.25) is 0 Å². The van der Waals surface area contributed by atoms with E-state index in [4.69, 9.17) is 4.74 Å². The summed E-state index contributed by atoms with van der Waals surface area (Å²) < 4.78 is 20.3. The monoisotopic (exact) mass is 357 g/mol. The Hall–Kier alpha value is -2.67. The highest BCUT2D eigenvalue weighted by molar-refractivity contribution is 7.98. The van der Waals surface area contributed by atoms with E-state index in [0.29, 0.717) is 11.3 Å². The van der Waals surface area contributed by atoms with Crippen molar-refractivity contribution in [1.29, 1.82) is 0 Å². The second kappa shape index (κ2) is 7.48. The first-order chi connectivity index (χ1) is 12.1. The van der Waals surface area contributed by atoms with Gasteiger partial charge in [-0.25, -0.2) is 13.9 Å². The van der Waals surface area contributed by atoms with Gasteiger partial charge in [0.05, 0.1) is 11.4 Å². The maximum absolute atomic E-state index is 13.6. The Morgan fingerprint density at radius 1 is 1.24 bits per heavy atom. The molecule has 2 aromatic carbocycles. The molecule has 3 aromatic rings. The molecule has 0 aliphatic rings. The lowest BCUT2D eigenvalue weighted by Crippen LogP contribution is -2.09. The maximum Gasteiger partial charge on any atom is 0.361 e. The van der Waals surface area contributed by atoms with Gasteiger partial charge in [-0.2, -0.15) is 0 Å². The van der Waals surface area contributed by atoms with Gasteiger partial charge in [-0.3, -0.25) is 0 Å². The van der Waals surface area contributed by atoms with Crippen LogP contribution in [0.15, 0.2) is 53.4 Å². The molecule has 0 bridgehead atoms. The largest absolute Gasteiger partial charge is 0.456 e. The molecule has 0 fully saturated rings. The average molecular weight is 357 g/mol. The van der Waals surface area contributed by atoms with Crippen molar-refractivity contribution in [1.82, 2.24) is 15.0 Å². The van der Waals surface area contributed by atoms with Crippen LogP contribution in [-0.4, -0.2) is 27.2 Å². The lowest BCUT2D eigenvalue weighted by Gasteiger charge is -2.06. The minimum Gasteiger partial charge on any atom is -0.456 e. The number of carbonyl (C=O) groups excluding carboxylic acids is 1. The van der Waals surface area contributed by atoms with Crippen molar-refractivity contribution >= 4 is 17.7 Å². The summed E-state index contributed by atoms with van der Waals surface area (Å²) in [5, 5.41) is 7.96. The number of hydrogen-bond acceptors (Lipinski definition) is 5. The van der Waals surface area contributed by atoms with Crippen molar-refractivity contribution < 1.29 is 13.9 Å². The number of rotatable bonds is 5. The molecule has 0 saturated heterocycles. The number of ether oxygens (including phenoxy) is 1. The van der Waals surface area contributed by atoms with Gasteiger partial charge < -0.3 is 4.74 Å². The van der Waals surface area contributed by atoms with Gasteiger partial charge in [0.15, 0.2) is 5.69 Å². The summed E-state index contributed by atoms with van der Waals surface area (Å²) in [7, 11) is 0. The molecule has 0 spiro atoms. The average Bonchev–Trinajstić information content (AvgIpc) is 3.02.